The Morgan fingerprint density at radius 2 is 2.00 bits per heavy atom. The van der Waals surface area contributed by atoms with Crippen molar-refractivity contribution >= 4 is 6.03 Å². The van der Waals surface area contributed by atoms with E-state index in [1.807, 2.05) is 0 Å². The second-order valence-corrected chi connectivity index (χ2v) is 5.62. The summed E-state index contributed by atoms with van der Waals surface area (Å²) in [5.74, 6) is 0.739. The van der Waals surface area contributed by atoms with Gasteiger partial charge in [0, 0.05) is 32.1 Å². The van der Waals surface area contributed by atoms with E-state index in [2.05, 4.69) is 15.5 Å². The molecule has 2 amide bonds. The number of amides is 2. The van der Waals surface area contributed by atoms with Crippen LogP contribution in [0.3, 0.4) is 0 Å². The van der Waals surface area contributed by atoms with E-state index in [1.54, 1.807) is 9.47 Å². The Morgan fingerprint density at radius 1 is 1.20 bits per heavy atom. The average Bonchev–Trinajstić information content (AvgIpc) is 2.70. The quantitative estimate of drug-likeness (QED) is 0.784. The maximum Gasteiger partial charge on any atom is 0.343 e. The van der Waals surface area contributed by atoms with Gasteiger partial charge in [0.25, 0.3) is 0 Å². The van der Waals surface area contributed by atoms with Gasteiger partial charge >= 0.3 is 11.7 Å². The highest BCUT2D eigenvalue weighted by Gasteiger charge is 2.23. The Kier molecular flexibility index (Phi) is 3.75. The SMILES string of the molecule is O=C(NC1CCCCC1)N1CCc2n[nH]c(=O)n2CC1. The molecule has 20 heavy (non-hydrogen) atoms. The van der Waals surface area contributed by atoms with Crippen LogP contribution in [-0.4, -0.2) is 44.8 Å². The van der Waals surface area contributed by atoms with Crippen molar-refractivity contribution in [2.45, 2.75) is 51.1 Å². The van der Waals surface area contributed by atoms with Gasteiger partial charge in [-0.05, 0) is 12.8 Å². The third-order valence-electron chi connectivity index (χ3n) is 4.26. The van der Waals surface area contributed by atoms with Gasteiger partial charge in [-0.1, -0.05) is 19.3 Å². The number of aromatic amines is 1. The molecule has 1 aromatic heterocycles. The van der Waals surface area contributed by atoms with Crippen molar-refractivity contribution in [3.8, 4) is 0 Å². The summed E-state index contributed by atoms with van der Waals surface area (Å²) in [6, 6.07) is 0.319. The van der Waals surface area contributed by atoms with Crippen LogP contribution in [0.25, 0.3) is 0 Å². The molecule has 0 spiro atoms. The van der Waals surface area contributed by atoms with Gasteiger partial charge in [0.2, 0.25) is 0 Å². The number of urea groups is 1. The van der Waals surface area contributed by atoms with Crippen LogP contribution in [0.4, 0.5) is 4.79 Å². The van der Waals surface area contributed by atoms with Crippen molar-refractivity contribution in [3.05, 3.63) is 16.3 Å². The van der Waals surface area contributed by atoms with Gasteiger partial charge in [-0.3, -0.25) is 4.57 Å². The van der Waals surface area contributed by atoms with Crippen molar-refractivity contribution in [1.29, 1.82) is 0 Å². The average molecular weight is 279 g/mol. The van der Waals surface area contributed by atoms with Crippen molar-refractivity contribution in [2.24, 2.45) is 0 Å². The molecule has 0 saturated heterocycles. The molecule has 1 aliphatic carbocycles. The first-order valence-corrected chi connectivity index (χ1v) is 7.43. The number of aromatic nitrogens is 3. The van der Waals surface area contributed by atoms with Crippen LogP contribution >= 0.6 is 0 Å². The molecule has 0 unspecified atom stereocenters. The Bertz CT molecular complexity index is 529. The molecule has 110 valence electrons. The molecule has 7 heteroatoms. The molecule has 2 aliphatic rings. The van der Waals surface area contributed by atoms with Crippen LogP contribution in [0, 0.1) is 0 Å². The fraction of sp³-hybridized carbons (Fsp3) is 0.769. The lowest BCUT2D eigenvalue weighted by Crippen LogP contribution is -2.46. The number of nitrogens with one attached hydrogen (secondary N) is 2. The Balaban J connectivity index is 1.58. The number of rotatable bonds is 1. The zero-order valence-corrected chi connectivity index (χ0v) is 11.6. The summed E-state index contributed by atoms with van der Waals surface area (Å²) in [4.78, 5) is 25.6. The van der Waals surface area contributed by atoms with Crippen molar-refractivity contribution in [3.63, 3.8) is 0 Å². The van der Waals surface area contributed by atoms with Gasteiger partial charge in [-0.25, -0.2) is 14.7 Å². The summed E-state index contributed by atoms with van der Waals surface area (Å²) in [6.45, 7) is 1.69. The third-order valence-corrected chi connectivity index (χ3v) is 4.26. The number of fused-ring (bicyclic) bond motifs is 1. The van der Waals surface area contributed by atoms with E-state index in [1.165, 1.54) is 19.3 Å². The maximum absolute atomic E-state index is 12.3. The summed E-state index contributed by atoms with van der Waals surface area (Å²) >= 11 is 0. The molecular formula is C13H21N5O2. The molecule has 2 heterocycles. The topological polar surface area (TPSA) is 83.0 Å². The van der Waals surface area contributed by atoms with Gasteiger partial charge in [0.15, 0.2) is 0 Å². The fourth-order valence-electron chi connectivity index (χ4n) is 3.06. The van der Waals surface area contributed by atoms with E-state index in [-0.39, 0.29) is 11.7 Å². The van der Waals surface area contributed by atoms with E-state index in [4.69, 9.17) is 0 Å². The predicted molar refractivity (Wildman–Crippen MR) is 73.5 cm³/mol. The number of hydrogen-bond acceptors (Lipinski definition) is 3. The normalized spacial score (nSPS) is 20.3. The molecule has 7 nitrogen and oxygen atoms in total. The standard InChI is InChI=1S/C13H21N5O2/c19-12(14-10-4-2-1-3-5-10)17-7-6-11-15-16-13(20)18(11)9-8-17/h10H,1-9H2,(H,14,19)(H,16,20). The minimum absolute atomic E-state index is 0.000850. The number of H-pyrrole nitrogens is 1. The molecule has 1 aromatic rings. The van der Waals surface area contributed by atoms with Crippen molar-refractivity contribution in [2.75, 3.05) is 13.1 Å². The summed E-state index contributed by atoms with van der Waals surface area (Å²) in [5, 5.41) is 9.57. The highest BCUT2D eigenvalue weighted by Crippen LogP contribution is 2.17. The Hall–Kier alpha value is -1.79. The number of hydrogen-bond donors (Lipinski definition) is 2. The van der Waals surface area contributed by atoms with Gasteiger partial charge in [-0.2, -0.15) is 5.10 Å². The smallest absolute Gasteiger partial charge is 0.335 e. The zero-order valence-electron chi connectivity index (χ0n) is 11.6. The van der Waals surface area contributed by atoms with Crippen LogP contribution < -0.4 is 11.0 Å². The minimum atomic E-state index is -0.186. The molecule has 0 aromatic carbocycles. The van der Waals surface area contributed by atoms with Crippen LogP contribution in [0.1, 0.15) is 37.9 Å². The molecule has 1 fully saturated rings. The predicted octanol–water partition coefficient (Wildman–Crippen LogP) is 0.472. The van der Waals surface area contributed by atoms with Crippen molar-refractivity contribution in [1.82, 2.24) is 25.0 Å². The summed E-state index contributed by atoms with van der Waals surface area (Å²) in [6.07, 6.45) is 6.48. The molecule has 2 N–H and O–H groups in total. The van der Waals surface area contributed by atoms with Gasteiger partial charge in [0.05, 0.1) is 0 Å². The fourth-order valence-corrected chi connectivity index (χ4v) is 3.06. The van der Waals surface area contributed by atoms with E-state index in [9.17, 15) is 9.59 Å². The minimum Gasteiger partial charge on any atom is -0.335 e. The molecule has 3 rings (SSSR count). The first kappa shape index (κ1) is 13.2. The van der Waals surface area contributed by atoms with Gasteiger partial charge in [0.1, 0.15) is 5.82 Å². The summed E-state index contributed by atoms with van der Waals surface area (Å²) in [7, 11) is 0. The summed E-state index contributed by atoms with van der Waals surface area (Å²) in [5.41, 5.74) is -0.186. The lowest BCUT2D eigenvalue weighted by atomic mass is 9.96. The first-order valence-electron chi connectivity index (χ1n) is 7.43. The van der Waals surface area contributed by atoms with E-state index < -0.39 is 0 Å². The summed E-state index contributed by atoms with van der Waals surface area (Å²) < 4.78 is 1.62. The number of carbonyl (C=O) groups is 1. The Labute approximate surface area is 117 Å². The molecular weight excluding hydrogens is 258 g/mol. The highest BCUT2D eigenvalue weighted by atomic mass is 16.2. The second-order valence-electron chi connectivity index (χ2n) is 5.62. The maximum atomic E-state index is 12.3. The molecule has 0 atom stereocenters. The third kappa shape index (κ3) is 2.71. The second kappa shape index (κ2) is 5.68. The number of carbonyl (C=O) groups excluding carboxylic acids is 1. The number of nitrogens with zero attached hydrogens (tertiary/aromatic N) is 3. The molecule has 1 saturated carbocycles. The molecule has 0 bridgehead atoms. The Morgan fingerprint density at radius 3 is 2.80 bits per heavy atom. The monoisotopic (exact) mass is 279 g/mol. The highest BCUT2D eigenvalue weighted by molar-refractivity contribution is 5.74. The lowest BCUT2D eigenvalue weighted by molar-refractivity contribution is 0.191. The van der Waals surface area contributed by atoms with Crippen LogP contribution in [0.5, 0.6) is 0 Å². The van der Waals surface area contributed by atoms with E-state index >= 15 is 0 Å². The van der Waals surface area contributed by atoms with E-state index in [0.717, 1.165) is 18.7 Å². The van der Waals surface area contributed by atoms with Crippen LogP contribution in [-0.2, 0) is 13.0 Å². The van der Waals surface area contributed by atoms with E-state index in [0.29, 0.717) is 32.1 Å². The van der Waals surface area contributed by atoms with Gasteiger partial charge < -0.3 is 10.2 Å². The first-order chi connectivity index (χ1) is 9.74. The van der Waals surface area contributed by atoms with Crippen LogP contribution in [0.2, 0.25) is 0 Å². The van der Waals surface area contributed by atoms with Crippen molar-refractivity contribution < 1.29 is 4.79 Å². The molecule has 0 radical (unpaired) electrons. The zero-order chi connectivity index (χ0) is 13.9. The van der Waals surface area contributed by atoms with Crippen LogP contribution in [0.15, 0.2) is 4.79 Å². The largest absolute Gasteiger partial charge is 0.343 e. The lowest BCUT2D eigenvalue weighted by Gasteiger charge is -2.27. The van der Waals surface area contributed by atoms with Gasteiger partial charge in [-0.15, -0.1) is 0 Å². The molecule has 1 aliphatic heterocycles.